The number of aromatic nitrogens is 4. The zero-order chi connectivity index (χ0) is 20.8. The van der Waals surface area contributed by atoms with E-state index in [1.54, 1.807) is 7.05 Å². The van der Waals surface area contributed by atoms with Gasteiger partial charge in [0.25, 0.3) is 5.56 Å². The Morgan fingerprint density at radius 2 is 1.83 bits per heavy atom. The number of thioether (sulfide) groups is 1. The molecule has 0 saturated heterocycles. The average Bonchev–Trinajstić information content (AvgIpc) is 3.07. The molecule has 0 spiro atoms. The van der Waals surface area contributed by atoms with E-state index in [0.29, 0.717) is 28.5 Å². The number of imidazole rings is 1. The highest BCUT2D eigenvalue weighted by molar-refractivity contribution is 7.98. The van der Waals surface area contributed by atoms with Crippen molar-refractivity contribution in [3.05, 3.63) is 55.7 Å². The molecule has 0 saturated carbocycles. The van der Waals surface area contributed by atoms with Gasteiger partial charge >= 0.3 is 5.69 Å². The van der Waals surface area contributed by atoms with E-state index < -0.39 is 5.69 Å². The fourth-order valence-electron chi connectivity index (χ4n) is 3.34. The molecule has 0 aliphatic heterocycles. The first-order chi connectivity index (χ1) is 14.0. The molecule has 29 heavy (non-hydrogen) atoms. The number of nitrogens with zero attached hydrogens (tertiary/aromatic N) is 3. The summed E-state index contributed by atoms with van der Waals surface area (Å²) in [6, 6.07) is 7.71. The molecule has 0 amide bonds. The molecule has 2 heterocycles. The third kappa shape index (κ3) is 5.14. The molecule has 3 aromatic rings. The highest BCUT2D eigenvalue weighted by Gasteiger charge is 2.17. The van der Waals surface area contributed by atoms with Gasteiger partial charge in [-0.3, -0.25) is 14.3 Å². The molecule has 0 aliphatic carbocycles. The van der Waals surface area contributed by atoms with Gasteiger partial charge in [0.15, 0.2) is 16.3 Å². The Labute approximate surface area is 179 Å². The van der Waals surface area contributed by atoms with E-state index in [4.69, 9.17) is 11.6 Å². The molecule has 3 rings (SSSR count). The number of nitrogens with one attached hydrogen (secondary N) is 1. The molecular weight excluding hydrogens is 408 g/mol. The summed E-state index contributed by atoms with van der Waals surface area (Å²) < 4.78 is 3.35. The van der Waals surface area contributed by atoms with E-state index in [2.05, 4.69) is 16.9 Å². The van der Waals surface area contributed by atoms with E-state index in [-0.39, 0.29) is 5.56 Å². The number of fused-ring (bicyclic) bond motifs is 1. The van der Waals surface area contributed by atoms with Crippen LogP contribution in [0.2, 0.25) is 5.02 Å². The van der Waals surface area contributed by atoms with Crippen LogP contribution in [0.4, 0.5) is 0 Å². The van der Waals surface area contributed by atoms with Crippen molar-refractivity contribution in [3.8, 4) is 0 Å². The lowest BCUT2D eigenvalue weighted by atomic mass is 10.1. The van der Waals surface area contributed by atoms with Crippen LogP contribution < -0.4 is 11.2 Å². The molecule has 0 atom stereocenters. The van der Waals surface area contributed by atoms with Crippen molar-refractivity contribution in [3.63, 3.8) is 0 Å². The summed E-state index contributed by atoms with van der Waals surface area (Å²) in [5.41, 5.74) is 1.06. The Bertz CT molecular complexity index is 1090. The maximum absolute atomic E-state index is 12.5. The first kappa shape index (κ1) is 21.7. The zero-order valence-corrected chi connectivity index (χ0v) is 18.5. The topological polar surface area (TPSA) is 72.7 Å². The molecule has 0 radical (unpaired) electrons. The van der Waals surface area contributed by atoms with E-state index in [0.717, 1.165) is 23.6 Å². The molecule has 6 nitrogen and oxygen atoms in total. The number of H-pyrrole nitrogens is 1. The molecule has 0 aliphatic rings. The van der Waals surface area contributed by atoms with Gasteiger partial charge in [0, 0.05) is 24.4 Å². The highest BCUT2D eigenvalue weighted by Crippen LogP contribution is 2.28. The highest BCUT2D eigenvalue weighted by atomic mass is 35.5. The summed E-state index contributed by atoms with van der Waals surface area (Å²) in [6.07, 6.45) is 6.99. The Morgan fingerprint density at radius 3 is 2.59 bits per heavy atom. The monoisotopic (exact) mass is 434 g/mol. The summed E-state index contributed by atoms with van der Waals surface area (Å²) in [6.45, 7) is 2.91. The predicted molar refractivity (Wildman–Crippen MR) is 120 cm³/mol. The van der Waals surface area contributed by atoms with Crippen LogP contribution in [0.25, 0.3) is 11.2 Å². The summed E-state index contributed by atoms with van der Waals surface area (Å²) in [7, 11) is 1.63. The van der Waals surface area contributed by atoms with Gasteiger partial charge in [0.05, 0.1) is 0 Å². The van der Waals surface area contributed by atoms with Gasteiger partial charge in [-0.15, -0.1) is 0 Å². The van der Waals surface area contributed by atoms with Gasteiger partial charge in [0.2, 0.25) is 0 Å². The Hall–Kier alpha value is -1.99. The van der Waals surface area contributed by atoms with Crippen LogP contribution in [-0.4, -0.2) is 19.1 Å². The van der Waals surface area contributed by atoms with Crippen LogP contribution in [0, 0.1) is 0 Å². The minimum absolute atomic E-state index is 0.383. The maximum atomic E-state index is 12.5. The van der Waals surface area contributed by atoms with Crippen LogP contribution in [0.1, 0.15) is 51.0 Å². The quantitative estimate of drug-likeness (QED) is 0.370. The van der Waals surface area contributed by atoms with Crippen LogP contribution in [-0.2, 0) is 19.3 Å². The average molecular weight is 435 g/mol. The van der Waals surface area contributed by atoms with E-state index >= 15 is 0 Å². The normalized spacial score (nSPS) is 11.4. The first-order valence-corrected chi connectivity index (χ1v) is 11.4. The van der Waals surface area contributed by atoms with Gasteiger partial charge in [-0.25, -0.2) is 9.78 Å². The van der Waals surface area contributed by atoms with Gasteiger partial charge in [-0.1, -0.05) is 80.6 Å². The van der Waals surface area contributed by atoms with Crippen molar-refractivity contribution in [2.24, 2.45) is 7.05 Å². The molecule has 0 fully saturated rings. The van der Waals surface area contributed by atoms with Gasteiger partial charge in [-0.2, -0.15) is 0 Å². The van der Waals surface area contributed by atoms with Gasteiger partial charge in [-0.05, 0) is 18.1 Å². The second-order valence-corrected chi connectivity index (χ2v) is 8.53. The third-order valence-corrected chi connectivity index (χ3v) is 6.42. The Morgan fingerprint density at radius 1 is 1.10 bits per heavy atom. The molecule has 156 valence electrons. The van der Waals surface area contributed by atoms with E-state index in [1.807, 2.05) is 28.8 Å². The Balaban J connectivity index is 1.87. The molecule has 8 heteroatoms. The number of aromatic amines is 1. The van der Waals surface area contributed by atoms with Crippen LogP contribution >= 0.6 is 23.4 Å². The second-order valence-electron chi connectivity index (χ2n) is 7.18. The number of rotatable bonds is 10. The van der Waals surface area contributed by atoms with Crippen LogP contribution in [0.15, 0.2) is 39.0 Å². The number of hydrogen-bond donors (Lipinski definition) is 1. The van der Waals surface area contributed by atoms with E-state index in [1.165, 1.54) is 42.0 Å². The van der Waals surface area contributed by atoms with Crippen molar-refractivity contribution in [1.82, 2.24) is 19.1 Å². The van der Waals surface area contributed by atoms with Crippen molar-refractivity contribution in [2.45, 2.75) is 62.9 Å². The van der Waals surface area contributed by atoms with Crippen molar-refractivity contribution >= 4 is 34.5 Å². The SMILES string of the molecule is CCCCCCCCn1c(SCc2ccccc2Cl)nc2c1c(=O)[nH]c(=O)n2C. The molecule has 1 N–H and O–H groups in total. The fraction of sp³-hybridized carbons (Fsp3) is 0.476. The van der Waals surface area contributed by atoms with E-state index in [9.17, 15) is 9.59 Å². The van der Waals surface area contributed by atoms with Gasteiger partial charge < -0.3 is 4.57 Å². The Kier molecular flexibility index (Phi) is 7.61. The standard InChI is InChI=1S/C21H27ClN4O2S/c1-3-4-5-6-7-10-13-26-17-18(25(2)20(28)24-19(17)27)23-21(26)29-14-15-11-8-9-12-16(15)22/h8-9,11-12H,3-7,10,13-14H2,1-2H3,(H,24,27,28). The smallest absolute Gasteiger partial charge is 0.313 e. The fourth-order valence-corrected chi connectivity index (χ4v) is 4.65. The number of aryl methyl sites for hydroxylation is 2. The summed E-state index contributed by atoms with van der Waals surface area (Å²) in [5, 5.41) is 1.45. The lowest BCUT2D eigenvalue weighted by Crippen LogP contribution is -2.29. The first-order valence-electron chi connectivity index (χ1n) is 10.1. The molecule has 0 unspecified atom stereocenters. The van der Waals surface area contributed by atoms with Crippen molar-refractivity contribution in [1.29, 1.82) is 0 Å². The molecule has 0 bridgehead atoms. The minimum atomic E-state index is -0.450. The van der Waals surface area contributed by atoms with Crippen molar-refractivity contribution in [2.75, 3.05) is 0 Å². The number of halogens is 1. The minimum Gasteiger partial charge on any atom is -0.313 e. The van der Waals surface area contributed by atoms with Crippen molar-refractivity contribution < 1.29 is 0 Å². The largest absolute Gasteiger partial charge is 0.329 e. The molecule has 2 aromatic heterocycles. The second kappa shape index (κ2) is 10.2. The molecular formula is C21H27ClN4O2S. The number of hydrogen-bond acceptors (Lipinski definition) is 4. The molecule has 1 aromatic carbocycles. The summed E-state index contributed by atoms with van der Waals surface area (Å²) >= 11 is 7.82. The predicted octanol–water partition coefficient (Wildman–Crippen LogP) is 4.73. The van der Waals surface area contributed by atoms with Crippen LogP contribution in [0.3, 0.4) is 0 Å². The number of benzene rings is 1. The lowest BCUT2D eigenvalue weighted by Gasteiger charge is -2.09. The summed E-state index contributed by atoms with van der Waals surface area (Å²) in [5.74, 6) is 0.644. The van der Waals surface area contributed by atoms with Crippen LogP contribution in [0.5, 0.6) is 0 Å². The lowest BCUT2D eigenvalue weighted by molar-refractivity contribution is 0.544. The summed E-state index contributed by atoms with van der Waals surface area (Å²) in [4.78, 5) is 31.6. The van der Waals surface area contributed by atoms with Gasteiger partial charge in [0.1, 0.15) is 0 Å². The maximum Gasteiger partial charge on any atom is 0.329 e. The number of unbranched alkanes of at least 4 members (excludes halogenated alkanes) is 5. The zero-order valence-electron chi connectivity index (χ0n) is 16.9. The third-order valence-electron chi connectivity index (χ3n) is 5.02.